The largest absolute Gasteiger partial charge is 0.462 e. The smallest absolute Gasteiger partial charge is 0.338 e. The number of amides is 2. The van der Waals surface area contributed by atoms with E-state index in [1.807, 2.05) is 42.2 Å². The van der Waals surface area contributed by atoms with Crippen molar-refractivity contribution in [3.8, 4) is 0 Å². The van der Waals surface area contributed by atoms with Crippen LogP contribution in [0.1, 0.15) is 54.9 Å². The Bertz CT molecular complexity index is 1020. The van der Waals surface area contributed by atoms with Crippen molar-refractivity contribution >= 4 is 29.0 Å². The molecule has 2 heterocycles. The van der Waals surface area contributed by atoms with Crippen molar-refractivity contribution in [2.24, 2.45) is 0 Å². The van der Waals surface area contributed by atoms with Crippen molar-refractivity contribution in [3.63, 3.8) is 0 Å². The number of ether oxygens (including phenoxy) is 1. The van der Waals surface area contributed by atoms with Crippen LogP contribution in [0.15, 0.2) is 60.3 Å². The maximum Gasteiger partial charge on any atom is 0.338 e. The molecule has 2 aromatic rings. The summed E-state index contributed by atoms with van der Waals surface area (Å²) in [4.78, 5) is 42.5. The number of hydrogen-bond acceptors (Lipinski definition) is 5. The van der Waals surface area contributed by atoms with E-state index < -0.39 is 5.97 Å². The number of esters is 1. The van der Waals surface area contributed by atoms with Crippen LogP contribution in [0.4, 0.5) is 5.69 Å². The normalized spacial score (nSPS) is 16.7. The minimum Gasteiger partial charge on any atom is -0.462 e. The lowest BCUT2D eigenvalue weighted by molar-refractivity contribution is -0.120. The molecule has 0 unspecified atom stereocenters. The molecule has 0 atom stereocenters. The standard InChI is InChI=1S/C26H28N2O4/c1-2-3-18-32-26(31)20-12-14-21(15-13-20)28-24(29)22(19-10-6-4-7-11-19)23(25(28)30)27-16-8-5-9-17-27/h4,6-7,10-15H,2-3,5,8-9,16-18H2,1H3. The number of carbonyl (C=O) groups excluding carboxylic acids is 3. The molecule has 0 aromatic heterocycles. The summed E-state index contributed by atoms with van der Waals surface area (Å²) in [5.74, 6) is -1.05. The summed E-state index contributed by atoms with van der Waals surface area (Å²) in [6.07, 6.45) is 4.89. The molecule has 32 heavy (non-hydrogen) atoms. The lowest BCUT2D eigenvalue weighted by Gasteiger charge is -2.29. The number of carbonyl (C=O) groups is 3. The lowest BCUT2D eigenvalue weighted by Crippen LogP contribution is -2.37. The van der Waals surface area contributed by atoms with Crippen LogP contribution in [0, 0.1) is 0 Å². The number of rotatable bonds is 7. The fourth-order valence-corrected chi connectivity index (χ4v) is 4.17. The van der Waals surface area contributed by atoms with E-state index in [0.717, 1.165) is 50.8 Å². The zero-order valence-corrected chi connectivity index (χ0v) is 18.4. The summed E-state index contributed by atoms with van der Waals surface area (Å²) in [5.41, 5.74) is 2.51. The molecule has 0 spiro atoms. The molecule has 2 amide bonds. The molecular formula is C26H28N2O4. The molecule has 0 aliphatic carbocycles. The van der Waals surface area contributed by atoms with Gasteiger partial charge < -0.3 is 9.64 Å². The molecule has 1 saturated heterocycles. The maximum atomic E-state index is 13.5. The number of likely N-dealkylation sites (tertiary alicyclic amines) is 1. The lowest BCUT2D eigenvalue weighted by atomic mass is 10.0. The quantitative estimate of drug-likeness (QED) is 0.368. The van der Waals surface area contributed by atoms with Gasteiger partial charge in [-0.2, -0.15) is 0 Å². The molecular weight excluding hydrogens is 404 g/mol. The van der Waals surface area contributed by atoms with Crippen LogP contribution in [0.3, 0.4) is 0 Å². The van der Waals surface area contributed by atoms with Crippen LogP contribution in [-0.2, 0) is 14.3 Å². The van der Waals surface area contributed by atoms with Crippen LogP contribution in [0.25, 0.3) is 5.57 Å². The predicted octanol–water partition coefficient (Wildman–Crippen LogP) is 4.41. The Kier molecular flexibility index (Phi) is 6.69. The van der Waals surface area contributed by atoms with Crippen molar-refractivity contribution in [1.82, 2.24) is 4.90 Å². The molecule has 166 valence electrons. The van der Waals surface area contributed by atoms with E-state index in [4.69, 9.17) is 4.74 Å². The Morgan fingerprint density at radius 1 is 0.906 bits per heavy atom. The zero-order chi connectivity index (χ0) is 22.5. The van der Waals surface area contributed by atoms with Gasteiger partial charge in [0.15, 0.2) is 0 Å². The van der Waals surface area contributed by atoms with E-state index in [1.165, 1.54) is 4.90 Å². The highest BCUT2D eigenvalue weighted by Gasteiger charge is 2.42. The molecule has 1 fully saturated rings. The molecule has 0 N–H and O–H groups in total. The van der Waals surface area contributed by atoms with E-state index in [2.05, 4.69) is 0 Å². The monoisotopic (exact) mass is 432 g/mol. The summed E-state index contributed by atoms with van der Waals surface area (Å²) in [6, 6.07) is 15.8. The van der Waals surface area contributed by atoms with Gasteiger partial charge in [-0.25, -0.2) is 9.69 Å². The third-order valence-corrected chi connectivity index (χ3v) is 5.89. The maximum absolute atomic E-state index is 13.5. The first kappa shape index (κ1) is 21.8. The summed E-state index contributed by atoms with van der Waals surface area (Å²) in [6.45, 7) is 3.94. The molecule has 0 radical (unpaired) electrons. The summed E-state index contributed by atoms with van der Waals surface area (Å²) < 4.78 is 5.25. The third kappa shape index (κ3) is 4.31. The Balaban J connectivity index is 1.63. The SMILES string of the molecule is CCCCOC(=O)c1ccc(N2C(=O)C(c3ccccc3)=C(N3CCCCC3)C2=O)cc1. The highest BCUT2D eigenvalue weighted by Crippen LogP contribution is 2.35. The molecule has 2 aliphatic rings. The highest BCUT2D eigenvalue weighted by molar-refractivity contribution is 6.45. The second-order valence-electron chi connectivity index (χ2n) is 8.12. The van der Waals surface area contributed by atoms with Gasteiger partial charge in [0.1, 0.15) is 5.70 Å². The number of unbranched alkanes of at least 4 members (excludes halogenated alkanes) is 1. The zero-order valence-electron chi connectivity index (χ0n) is 18.4. The fourth-order valence-electron chi connectivity index (χ4n) is 4.17. The van der Waals surface area contributed by atoms with E-state index >= 15 is 0 Å². The van der Waals surface area contributed by atoms with Crippen molar-refractivity contribution in [2.45, 2.75) is 39.0 Å². The van der Waals surface area contributed by atoms with Crippen molar-refractivity contribution in [2.75, 3.05) is 24.6 Å². The summed E-state index contributed by atoms with van der Waals surface area (Å²) in [5, 5.41) is 0. The van der Waals surface area contributed by atoms with Crippen LogP contribution < -0.4 is 4.90 Å². The average molecular weight is 433 g/mol. The summed E-state index contributed by atoms with van der Waals surface area (Å²) in [7, 11) is 0. The highest BCUT2D eigenvalue weighted by atomic mass is 16.5. The second kappa shape index (κ2) is 9.81. The van der Waals surface area contributed by atoms with Crippen molar-refractivity contribution < 1.29 is 19.1 Å². The summed E-state index contributed by atoms with van der Waals surface area (Å²) >= 11 is 0. The Morgan fingerprint density at radius 3 is 2.25 bits per heavy atom. The van der Waals surface area contributed by atoms with Gasteiger partial charge in [0, 0.05) is 13.1 Å². The van der Waals surface area contributed by atoms with Crippen LogP contribution in [0.5, 0.6) is 0 Å². The fraction of sp³-hybridized carbons (Fsp3) is 0.346. The molecule has 6 heteroatoms. The molecule has 0 saturated carbocycles. The number of piperidine rings is 1. The van der Waals surface area contributed by atoms with Gasteiger partial charge in [-0.15, -0.1) is 0 Å². The number of anilines is 1. The molecule has 0 bridgehead atoms. The second-order valence-corrected chi connectivity index (χ2v) is 8.12. The van der Waals surface area contributed by atoms with E-state index in [-0.39, 0.29) is 11.8 Å². The molecule has 4 rings (SSSR count). The van der Waals surface area contributed by atoms with Gasteiger partial charge in [-0.05, 0) is 55.5 Å². The number of benzene rings is 2. The average Bonchev–Trinajstić information content (AvgIpc) is 3.10. The van der Waals surface area contributed by atoms with Crippen LogP contribution >= 0.6 is 0 Å². The van der Waals surface area contributed by atoms with E-state index in [9.17, 15) is 14.4 Å². The van der Waals surface area contributed by atoms with E-state index in [1.54, 1.807) is 24.3 Å². The molecule has 6 nitrogen and oxygen atoms in total. The van der Waals surface area contributed by atoms with Crippen molar-refractivity contribution in [1.29, 1.82) is 0 Å². The van der Waals surface area contributed by atoms with Crippen LogP contribution in [0.2, 0.25) is 0 Å². The number of nitrogens with zero attached hydrogens (tertiary/aromatic N) is 2. The van der Waals surface area contributed by atoms with Gasteiger partial charge in [-0.3, -0.25) is 9.59 Å². The van der Waals surface area contributed by atoms with E-state index in [0.29, 0.717) is 29.1 Å². The molecule has 2 aliphatic heterocycles. The van der Waals surface area contributed by atoms with Gasteiger partial charge >= 0.3 is 5.97 Å². The number of hydrogen-bond donors (Lipinski definition) is 0. The van der Waals surface area contributed by atoms with Gasteiger partial charge in [0.2, 0.25) is 0 Å². The van der Waals surface area contributed by atoms with Crippen molar-refractivity contribution in [3.05, 3.63) is 71.4 Å². The first-order valence-corrected chi connectivity index (χ1v) is 11.3. The first-order valence-electron chi connectivity index (χ1n) is 11.3. The Morgan fingerprint density at radius 2 is 1.59 bits per heavy atom. The minimum atomic E-state index is -0.402. The number of imide groups is 1. The Hall–Kier alpha value is -3.41. The third-order valence-electron chi connectivity index (χ3n) is 5.89. The Labute approximate surface area is 188 Å². The van der Waals surface area contributed by atoms with Gasteiger partial charge in [0.25, 0.3) is 11.8 Å². The predicted molar refractivity (Wildman–Crippen MR) is 123 cm³/mol. The first-order chi connectivity index (χ1) is 15.6. The topological polar surface area (TPSA) is 66.9 Å². The van der Waals surface area contributed by atoms with Crippen LogP contribution in [-0.4, -0.2) is 42.4 Å². The minimum absolute atomic E-state index is 0.311. The van der Waals surface area contributed by atoms with Gasteiger partial charge in [-0.1, -0.05) is 43.7 Å². The van der Waals surface area contributed by atoms with Gasteiger partial charge in [0.05, 0.1) is 23.4 Å². The molecule has 2 aromatic carbocycles.